The van der Waals surface area contributed by atoms with Crippen LogP contribution in [0.1, 0.15) is 33.5 Å². The largest absolute Gasteiger partial charge is 0.383 e. The molecule has 4 rings (SSSR count). The molecule has 0 aliphatic carbocycles. The van der Waals surface area contributed by atoms with Crippen LogP contribution < -0.4 is 16.0 Å². The van der Waals surface area contributed by atoms with Crippen LogP contribution in [0, 0.1) is 5.82 Å². The van der Waals surface area contributed by atoms with Crippen molar-refractivity contribution in [2.45, 2.75) is 37.0 Å². The van der Waals surface area contributed by atoms with E-state index in [0.717, 1.165) is 41.9 Å². The second kappa shape index (κ2) is 12.7. The van der Waals surface area contributed by atoms with Crippen molar-refractivity contribution in [1.82, 2.24) is 10.6 Å². The highest BCUT2D eigenvalue weighted by molar-refractivity contribution is 7.81. The molecule has 3 aromatic carbocycles. The van der Waals surface area contributed by atoms with Crippen LogP contribution in [0.25, 0.3) is 0 Å². The summed E-state index contributed by atoms with van der Waals surface area (Å²) >= 11 is 4.53. The summed E-state index contributed by atoms with van der Waals surface area (Å²) in [4.78, 5) is 25.6. The van der Waals surface area contributed by atoms with Crippen molar-refractivity contribution in [2.24, 2.45) is 0 Å². The summed E-state index contributed by atoms with van der Waals surface area (Å²) in [6.45, 7) is 1.60. The van der Waals surface area contributed by atoms with Crippen molar-refractivity contribution in [2.75, 3.05) is 25.0 Å². The number of hydrogen-bond acceptors (Lipinski definition) is 5. The van der Waals surface area contributed by atoms with Crippen LogP contribution in [0.3, 0.4) is 0 Å². The highest BCUT2D eigenvalue weighted by atomic mass is 32.1. The second-order valence-corrected chi connectivity index (χ2v) is 9.99. The third kappa shape index (κ3) is 7.67. The van der Waals surface area contributed by atoms with E-state index in [1.165, 1.54) is 12.1 Å². The standard InChI is InChI=1S/C29H32FN3O2S/c30-23-11-7-20(8-12-23)6-9-22-10-13-24(31-17-25-15-27(36)19-32-25)16-28(22)29(35)33-18-26(34)14-21-4-2-1-3-5-21/h1-5,7-8,10-13,16,25,27,31-32,36H,6,9,14-15,17-19H2,(H,33,35)/t25-,27-/m0/s1. The highest BCUT2D eigenvalue weighted by Crippen LogP contribution is 2.20. The number of nitrogens with one attached hydrogen (secondary N) is 3. The van der Waals surface area contributed by atoms with E-state index in [-0.39, 0.29) is 30.5 Å². The van der Waals surface area contributed by atoms with Crippen LogP contribution in [-0.4, -0.2) is 42.6 Å². The highest BCUT2D eigenvalue weighted by Gasteiger charge is 2.21. The Hall–Kier alpha value is -3.16. The Bertz CT molecular complexity index is 1170. The molecule has 1 heterocycles. The number of anilines is 1. The predicted octanol–water partition coefficient (Wildman–Crippen LogP) is 4.22. The number of amides is 1. The summed E-state index contributed by atoms with van der Waals surface area (Å²) in [7, 11) is 0. The third-order valence-electron chi connectivity index (χ3n) is 6.39. The van der Waals surface area contributed by atoms with Crippen molar-refractivity contribution in [1.29, 1.82) is 0 Å². The average Bonchev–Trinajstić information content (AvgIpc) is 3.31. The molecule has 0 bridgehead atoms. The van der Waals surface area contributed by atoms with E-state index in [0.29, 0.717) is 29.7 Å². The van der Waals surface area contributed by atoms with E-state index in [9.17, 15) is 14.0 Å². The van der Waals surface area contributed by atoms with Crippen molar-refractivity contribution in [3.05, 3.63) is 101 Å². The predicted molar refractivity (Wildman–Crippen MR) is 145 cm³/mol. The van der Waals surface area contributed by atoms with Gasteiger partial charge in [0.1, 0.15) is 5.82 Å². The maximum Gasteiger partial charge on any atom is 0.252 e. The van der Waals surface area contributed by atoms with Gasteiger partial charge in [-0.05, 0) is 60.2 Å². The molecule has 1 aliphatic heterocycles. The lowest BCUT2D eigenvalue weighted by atomic mass is 9.98. The van der Waals surface area contributed by atoms with Crippen molar-refractivity contribution < 1.29 is 14.0 Å². The summed E-state index contributed by atoms with van der Waals surface area (Å²) in [6.07, 6.45) is 2.57. The zero-order chi connectivity index (χ0) is 25.3. The van der Waals surface area contributed by atoms with Gasteiger partial charge in [-0.25, -0.2) is 4.39 Å². The molecule has 36 heavy (non-hydrogen) atoms. The van der Waals surface area contributed by atoms with Crippen molar-refractivity contribution >= 4 is 30.0 Å². The van der Waals surface area contributed by atoms with Crippen LogP contribution in [0.4, 0.5) is 10.1 Å². The molecule has 188 valence electrons. The first-order valence-electron chi connectivity index (χ1n) is 12.3. The van der Waals surface area contributed by atoms with Crippen molar-refractivity contribution in [3.8, 4) is 0 Å². The fourth-order valence-electron chi connectivity index (χ4n) is 4.40. The van der Waals surface area contributed by atoms with E-state index < -0.39 is 0 Å². The molecular weight excluding hydrogens is 473 g/mol. The zero-order valence-corrected chi connectivity index (χ0v) is 21.1. The summed E-state index contributed by atoms with van der Waals surface area (Å²) < 4.78 is 13.3. The number of aryl methyl sites for hydroxylation is 2. The molecule has 1 saturated heterocycles. The SMILES string of the molecule is O=C(CNC(=O)c1cc(NC[C@@H]2C[C@H](S)CN2)ccc1CCc1ccc(F)cc1)Cc1ccccc1. The Balaban J connectivity index is 1.42. The fraction of sp³-hybridized carbons (Fsp3) is 0.310. The number of ketones is 1. The molecule has 3 aromatic rings. The van der Waals surface area contributed by atoms with E-state index in [2.05, 4.69) is 28.6 Å². The van der Waals surface area contributed by atoms with E-state index in [4.69, 9.17) is 0 Å². The van der Waals surface area contributed by atoms with Gasteiger partial charge < -0.3 is 16.0 Å². The first kappa shape index (κ1) is 25.9. The first-order valence-corrected chi connectivity index (χ1v) is 12.8. The Labute approximate surface area is 217 Å². The van der Waals surface area contributed by atoms with E-state index >= 15 is 0 Å². The number of hydrogen-bond donors (Lipinski definition) is 4. The number of benzene rings is 3. The summed E-state index contributed by atoms with van der Waals surface area (Å²) in [5, 5.41) is 10.0. The van der Waals surface area contributed by atoms with Gasteiger partial charge in [-0.3, -0.25) is 9.59 Å². The van der Waals surface area contributed by atoms with Crippen molar-refractivity contribution in [3.63, 3.8) is 0 Å². The first-order chi connectivity index (χ1) is 17.5. The Kier molecular flexibility index (Phi) is 9.14. The fourth-order valence-corrected chi connectivity index (χ4v) is 4.76. The maximum absolute atomic E-state index is 13.3. The van der Waals surface area contributed by atoms with Gasteiger partial charge in [-0.15, -0.1) is 0 Å². The lowest BCUT2D eigenvalue weighted by molar-refractivity contribution is -0.117. The molecule has 1 aliphatic rings. The van der Waals surface area contributed by atoms with Crippen LogP contribution in [0.5, 0.6) is 0 Å². The molecule has 0 unspecified atom stereocenters. The van der Waals surface area contributed by atoms with Gasteiger partial charge in [-0.1, -0.05) is 48.5 Å². The molecule has 0 saturated carbocycles. The molecule has 2 atom stereocenters. The molecule has 0 aromatic heterocycles. The molecule has 1 fully saturated rings. The van der Waals surface area contributed by atoms with Crippen LogP contribution in [0.15, 0.2) is 72.8 Å². The molecule has 7 heteroatoms. The minimum atomic E-state index is -0.274. The summed E-state index contributed by atoms with van der Waals surface area (Å²) in [6, 6.07) is 22.0. The number of thiol groups is 1. The van der Waals surface area contributed by atoms with Gasteiger partial charge >= 0.3 is 0 Å². The monoisotopic (exact) mass is 505 g/mol. The number of halogens is 1. The van der Waals surface area contributed by atoms with Gasteiger partial charge in [-0.2, -0.15) is 12.6 Å². The lowest BCUT2D eigenvalue weighted by Crippen LogP contribution is -2.31. The van der Waals surface area contributed by atoms with Gasteiger partial charge in [0.05, 0.1) is 6.54 Å². The number of Topliss-reactive ketones (excluding diaryl/α,β-unsaturated/α-hetero) is 1. The van der Waals surface area contributed by atoms with Gasteiger partial charge in [0.25, 0.3) is 5.91 Å². The number of carbonyl (C=O) groups excluding carboxylic acids is 2. The smallest absolute Gasteiger partial charge is 0.252 e. The Morgan fingerprint density at radius 3 is 2.47 bits per heavy atom. The lowest BCUT2D eigenvalue weighted by Gasteiger charge is -2.16. The molecule has 0 radical (unpaired) electrons. The van der Waals surface area contributed by atoms with E-state index in [1.807, 2.05) is 48.5 Å². The molecule has 1 amide bonds. The van der Waals surface area contributed by atoms with Gasteiger partial charge in [0.15, 0.2) is 5.78 Å². The Morgan fingerprint density at radius 1 is 0.972 bits per heavy atom. The average molecular weight is 506 g/mol. The van der Waals surface area contributed by atoms with Crippen LogP contribution >= 0.6 is 12.6 Å². The number of carbonyl (C=O) groups is 2. The number of rotatable bonds is 11. The second-order valence-electron chi connectivity index (χ2n) is 9.26. The quantitative estimate of drug-likeness (QED) is 0.295. The molecular formula is C29H32FN3O2S. The minimum Gasteiger partial charge on any atom is -0.383 e. The van der Waals surface area contributed by atoms with Gasteiger partial charge in [0, 0.05) is 42.1 Å². The normalized spacial score (nSPS) is 17.1. The maximum atomic E-state index is 13.3. The third-order valence-corrected chi connectivity index (χ3v) is 6.79. The van der Waals surface area contributed by atoms with Gasteiger partial charge in [0.2, 0.25) is 0 Å². The minimum absolute atomic E-state index is 0.0296. The van der Waals surface area contributed by atoms with Crippen LogP contribution in [0.2, 0.25) is 0 Å². The summed E-state index contributed by atoms with van der Waals surface area (Å²) in [5.41, 5.74) is 4.20. The van der Waals surface area contributed by atoms with Crippen LogP contribution in [-0.2, 0) is 24.1 Å². The zero-order valence-electron chi connectivity index (χ0n) is 20.2. The molecule has 3 N–H and O–H groups in total. The van der Waals surface area contributed by atoms with E-state index in [1.54, 1.807) is 12.1 Å². The summed E-state index contributed by atoms with van der Waals surface area (Å²) in [5.74, 6) is -0.593. The molecule has 0 spiro atoms. The Morgan fingerprint density at radius 2 is 1.75 bits per heavy atom. The molecule has 5 nitrogen and oxygen atoms in total. The topological polar surface area (TPSA) is 70.2 Å².